The molecule has 0 aromatic heterocycles. The zero-order chi connectivity index (χ0) is 12.4. The summed E-state index contributed by atoms with van der Waals surface area (Å²) in [4.78, 5) is 0. The fourth-order valence-electron chi connectivity index (χ4n) is 3.16. The molecule has 2 saturated heterocycles. The van der Waals surface area contributed by atoms with E-state index in [1.54, 1.807) is 0 Å². The Labute approximate surface area is 111 Å². The van der Waals surface area contributed by atoms with Gasteiger partial charge in [0.1, 0.15) is 24.4 Å². The summed E-state index contributed by atoms with van der Waals surface area (Å²) in [6.07, 6.45) is 0.840. The zero-order valence-electron chi connectivity index (χ0n) is 10.4. The molecule has 19 heavy (non-hydrogen) atoms. The van der Waals surface area contributed by atoms with Crippen LogP contribution in [0.4, 0.5) is 0 Å². The highest BCUT2D eigenvalue weighted by Crippen LogP contribution is 2.45. The van der Waals surface area contributed by atoms with Gasteiger partial charge in [0, 0.05) is 0 Å². The van der Waals surface area contributed by atoms with Crippen LogP contribution >= 0.6 is 0 Å². The summed E-state index contributed by atoms with van der Waals surface area (Å²) in [6.45, 7) is 1.34. The Morgan fingerprint density at radius 2 is 1.74 bits per heavy atom. The van der Waals surface area contributed by atoms with Crippen LogP contribution in [0.15, 0.2) is 36.4 Å². The van der Waals surface area contributed by atoms with Gasteiger partial charge in [0.05, 0.1) is 13.2 Å². The Kier molecular flexibility index (Phi) is 1.95. The van der Waals surface area contributed by atoms with Crippen molar-refractivity contribution in [3.05, 3.63) is 47.5 Å². The van der Waals surface area contributed by atoms with Crippen molar-refractivity contribution in [2.24, 2.45) is 0 Å². The van der Waals surface area contributed by atoms with Crippen LogP contribution in [-0.4, -0.2) is 25.4 Å². The minimum Gasteiger partial charge on any atom is -0.376 e. The second-order valence-electron chi connectivity index (χ2n) is 5.56. The monoisotopic (exact) mass is 254 g/mol. The lowest BCUT2D eigenvalue weighted by Gasteiger charge is -2.07. The zero-order valence-corrected chi connectivity index (χ0v) is 10.4. The molecule has 4 atom stereocenters. The summed E-state index contributed by atoms with van der Waals surface area (Å²) in [5.41, 5.74) is 2.54. The number of benzene rings is 2. The van der Waals surface area contributed by atoms with Gasteiger partial charge in [-0.05, 0) is 28.0 Å². The molecule has 3 heteroatoms. The molecule has 0 spiro atoms. The van der Waals surface area contributed by atoms with E-state index in [0.29, 0.717) is 13.2 Å². The Bertz CT molecular complexity index is 666. The topological polar surface area (TPSA) is 34.3 Å². The van der Waals surface area contributed by atoms with Crippen molar-refractivity contribution in [3.8, 4) is 0 Å². The molecule has 2 fully saturated rings. The Morgan fingerprint density at radius 1 is 0.895 bits per heavy atom. The van der Waals surface area contributed by atoms with E-state index >= 15 is 0 Å². The van der Waals surface area contributed by atoms with Crippen LogP contribution in [0.5, 0.6) is 0 Å². The van der Waals surface area contributed by atoms with Crippen molar-refractivity contribution in [2.75, 3.05) is 13.2 Å². The molecule has 0 amide bonds. The van der Waals surface area contributed by atoms with Crippen LogP contribution < -0.4 is 0 Å². The molecule has 2 aromatic carbocycles. The first kappa shape index (κ1) is 10.4. The Morgan fingerprint density at radius 3 is 2.68 bits per heavy atom. The van der Waals surface area contributed by atoms with E-state index in [0.717, 1.165) is 0 Å². The third kappa shape index (κ3) is 1.56. The van der Waals surface area contributed by atoms with E-state index in [9.17, 15) is 0 Å². The minimum absolute atomic E-state index is 0.199. The summed E-state index contributed by atoms with van der Waals surface area (Å²) < 4.78 is 17.2. The number of epoxide rings is 2. The van der Waals surface area contributed by atoms with Gasteiger partial charge in [-0.2, -0.15) is 0 Å². The number of rotatable bonds is 0. The Balaban J connectivity index is 1.71. The quantitative estimate of drug-likeness (QED) is 0.678. The highest BCUT2D eigenvalue weighted by molar-refractivity contribution is 5.87. The maximum Gasteiger partial charge on any atom is 0.112 e. The molecular formula is C16H14O3. The molecule has 4 heterocycles. The molecular weight excluding hydrogens is 240 g/mol. The van der Waals surface area contributed by atoms with Crippen molar-refractivity contribution in [1.82, 2.24) is 0 Å². The number of fused-ring (bicyclic) bond motifs is 3. The first-order chi connectivity index (χ1) is 9.40. The highest BCUT2D eigenvalue weighted by atomic mass is 16.6. The number of hydrogen-bond acceptors (Lipinski definition) is 3. The van der Waals surface area contributed by atoms with Gasteiger partial charge >= 0.3 is 0 Å². The molecule has 4 aliphatic rings. The molecule has 0 N–H and O–H groups in total. The highest BCUT2D eigenvalue weighted by Gasteiger charge is 2.44. The molecule has 0 aliphatic carbocycles. The van der Waals surface area contributed by atoms with E-state index in [4.69, 9.17) is 14.2 Å². The van der Waals surface area contributed by atoms with Gasteiger partial charge in [-0.3, -0.25) is 0 Å². The lowest BCUT2D eigenvalue weighted by atomic mass is 9.97. The predicted molar refractivity (Wildman–Crippen MR) is 70.0 cm³/mol. The van der Waals surface area contributed by atoms with E-state index in [-0.39, 0.29) is 24.4 Å². The van der Waals surface area contributed by atoms with Gasteiger partial charge in [0.15, 0.2) is 0 Å². The maximum atomic E-state index is 5.76. The SMILES string of the molecule is c1cc2c3ccc(cc3c1)C1OC1COCC1OC21. The molecule has 96 valence electrons. The fraction of sp³-hybridized carbons (Fsp3) is 0.375. The van der Waals surface area contributed by atoms with Gasteiger partial charge in [-0.25, -0.2) is 0 Å². The first-order valence-electron chi connectivity index (χ1n) is 6.81. The lowest BCUT2D eigenvalue weighted by Crippen LogP contribution is -2.09. The van der Waals surface area contributed by atoms with Gasteiger partial charge in [0.25, 0.3) is 0 Å². The van der Waals surface area contributed by atoms with Gasteiger partial charge in [-0.1, -0.05) is 30.3 Å². The summed E-state index contributed by atoms with van der Waals surface area (Å²) in [6, 6.07) is 13.1. The average molecular weight is 254 g/mol. The second-order valence-corrected chi connectivity index (χ2v) is 5.56. The van der Waals surface area contributed by atoms with Crippen LogP contribution in [0.25, 0.3) is 10.8 Å². The van der Waals surface area contributed by atoms with Crippen molar-refractivity contribution >= 4 is 10.8 Å². The molecule has 6 rings (SSSR count). The first-order valence-corrected chi connectivity index (χ1v) is 6.81. The van der Waals surface area contributed by atoms with Crippen LogP contribution in [0, 0.1) is 0 Å². The summed E-state index contributed by atoms with van der Waals surface area (Å²) in [5.74, 6) is 0. The molecule has 4 bridgehead atoms. The van der Waals surface area contributed by atoms with Crippen LogP contribution in [0.3, 0.4) is 0 Å². The Hall–Kier alpha value is -1.42. The molecule has 4 aliphatic heterocycles. The van der Waals surface area contributed by atoms with Crippen LogP contribution in [-0.2, 0) is 14.2 Å². The van der Waals surface area contributed by atoms with Crippen molar-refractivity contribution < 1.29 is 14.2 Å². The van der Waals surface area contributed by atoms with E-state index in [1.807, 2.05) is 0 Å². The maximum absolute atomic E-state index is 5.76. The largest absolute Gasteiger partial charge is 0.376 e. The molecule has 0 radical (unpaired) electrons. The molecule has 2 aromatic rings. The van der Waals surface area contributed by atoms with Crippen LogP contribution in [0.2, 0.25) is 0 Å². The van der Waals surface area contributed by atoms with E-state index in [1.165, 1.54) is 21.9 Å². The van der Waals surface area contributed by atoms with E-state index in [2.05, 4.69) is 36.4 Å². The third-order valence-corrected chi connectivity index (χ3v) is 4.30. The molecule has 4 unspecified atom stereocenters. The molecule has 3 nitrogen and oxygen atoms in total. The summed E-state index contributed by atoms with van der Waals surface area (Å²) in [5, 5.41) is 2.57. The third-order valence-electron chi connectivity index (χ3n) is 4.30. The van der Waals surface area contributed by atoms with E-state index < -0.39 is 0 Å². The standard InChI is InChI=1S/C16H14O3/c1-2-9-6-10-4-5-11(9)12(3-1)16-14(19-16)8-17-7-13-15(10)18-13/h1-6,13-16H,7-8H2. The van der Waals surface area contributed by atoms with Gasteiger partial charge in [-0.15, -0.1) is 0 Å². The second kappa shape index (κ2) is 3.57. The average Bonchev–Trinajstić information content (AvgIpc) is 3.32. The van der Waals surface area contributed by atoms with Crippen molar-refractivity contribution in [1.29, 1.82) is 0 Å². The number of hydrogen-bond donors (Lipinski definition) is 0. The smallest absolute Gasteiger partial charge is 0.112 e. The lowest BCUT2D eigenvalue weighted by molar-refractivity contribution is 0.102. The van der Waals surface area contributed by atoms with Crippen molar-refractivity contribution in [2.45, 2.75) is 24.4 Å². The molecule has 0 saturated carbocycles. The normalized spacial score (nSPS) is 35.4. The fourth-order valence-corrected chi connectivity index (χ4v) is 3.16. The predicted octanol–water partition coefficient (Wildman–Crippen LogP) is 2.75. The summed E-state index contributed by atoms with van der Waals surface area (Å²) >= 11 is 0. The van der Waals surface area contributed by atoms with Gasteiger partial charge in [0.2, 0.25) is 0 Å². The number of ether oxygens (including phenoxy) is 3. The minimum atomic E-state index is 0.199. The van der Waals surface area contributed by atoms with Gasteiger partial charge < -0.3 is 14.2 Å². The van der Waals surface area contributed by atoms with Crippen molar-refractivity contribution in [3.63, 3.8) is 0 Å². The summed E-state index contributed by atoms with van der Waals surface area (Å²) in [7, 11) is 0. The van der Waals surface area contributed by atoms with Crippen LogP contribution in [0.1, 0.15) is 23.3 Å².